The molecule has 2 amide bonds. The fourth-order valence-electron chi connectivity index (χ4n) is 2.35. The molecular weight excluding hydrogens is 322 g/mol. The second-order valence-electron chi connectivity index (χ2n) is 5.10. The maximum absolute atomic E-state index is 11.9. The van der Waals surface area contributed by atoms with E-state index < -0.39 is 0 Å². The average molecular weight is 335 g/mol. The lowest BCUT2D eigenvalue weighted by atomic mass is 10.2. The molecule has 0 aliphatic rings. The van der Waals surface area contributed by atoms with Gasteiger partial charge in [-0.2, -0.15) is 0 Å². The van der Waals surface area contributed by atoms with Crippen molar-refractivity contribution in [2.24, 2.45) is 0 Å². The zero-order valence-corrected chi connectivity index (χ0v) is 13.3. The summed E-state index contributed by atoms with van der Waals surface area (Å²) in [5.41, 5.74) is 3.58. The minimum absolute atomic E-state index is 0.318. The van der Waals surface area contributed by atoms with Gasteiger partial charge in [0.2, 0.25) is 0 Å². The molecule has 0 aliphatic carbocycles. The Morgan fingerprint density at radius 1 is 1.04 bits per heavy atom. The predicted octanol–water partition coefficient (Wildman–Crippen LogP) is 4.33. The normalized spacial score (nSPS) is 10.7. The molecule has 0 spiro atoms. The Labute approximate surface area is 141 Å². The molecule has 6 nitrogen and oxygen atoms in total. The third-order valence-corrected chi connectivity index (χ3v) is 4.15. The van der Waals surface area contributed by atoms with Gasteiger partial charge in [0.1, 0.15) is 5.82 Å². The Kier molecular flexibility index (Phi) is 3.68. The van der Waals surface area contributed by atoms with E-state index in [4.69, 9.17) is 0 Å². The molecule has 0 atom stereocenters. The van der Waals surface area contributed by atoms with Crippen LogP contribution in [-0.2, 0) is 0 Å². The molecule has 0 unspecified atom stereocenters. The molecule has 0 saturated carbocycles. The van der Waals surface area contributed by atoms with Gasteiger partial charge in [0.05, 0.1) is 11.0 Å². The molecule has 4 aromatic rings. The van der Waals surface area contributed by atoms with Crippen molar-refractivity contribution in [3.05, 3.63) is 60.1 Å². The molecule has 7 heteroatoms. The molecule has 0 bridgehead atoms. The van der Waals surface area contributed by atoms with E-state index in [1.54, 1.807) is 11.6 Å². The van der Waals surface area contributed by atoms with E-state index in [1.807, 2.05) is 48.5 Å². The highest BCUT2D eigenvalue weighted by molar-refractivity contribution is 7.13. The van der Waals surface area contributed by atoms with Gasteiger partial charge in [0.25, 0.3) is 0 Å². The summed E-state index contributed by atoms with van der Waals surface area (Å²) in [6, 6.07) is 15.1. The first-order valence-corrected chi connectivity index (χ1v) is 8.18. The van der Waals surface area contributed by atoms with Gasteiger partial charge in [-0.3, -0.25) is 5.32 Å². The van der Waals surface area contributed by atoms with Crippen LogP contribution in [0.15, 0.2) is 60.1 Å². The molecule has 24 heavy (non-hydrogen) atoms. The van der Waals surface area contributed by atoms with Crippen molar-refractivity contribution in [1.29, 1.82) is 0 Å². The minimum atomic E-state index is -0.318. The number of rotatable bonds is 3. The van der Waals surface area contributed by atoms with Gasteiger partial charge in [-0.25, -0.2) is 14.8 Å². The largest absolute Gasteiger partial charge is 0.338 e. The van der Waals surface area contributed by atoms with E-state index in [-0.39, 0.29) is 6.03 Å². The maximum Gasteiger partial charge on any atom is 0.325 e. The van der Waals surface area contributed by atoms with Crippen molar-refractivity contribution >= 4 is 39.2 Å². The minimum Gasteiger partial charge on any atom is -0.338 e. The van der Waals surface area contributed by atoms with Crippen LogP contribution in [0.2, 0.25) is 0 Å². The van der Waals surface area contributed by atoms with Crippen molar-refractivity contribution in [3.8, 4) is 11.4 Å². The van der Waals surface area contributed by atoms with Crippen LogP contribution in [0.25, 0.3) is 22.4 Å². The fraction of sp³-hybridized carbons (Fsp3) is 0. The first kappa shape index (κ1) is 14.4. The van der Waals surface area contributed by atoms with E-state index in [2.05, 4.69) is 25.6 Å². The lowest BCUT2D eigenvalue weighted by Crippen LogP contribution is -2.19. The summed E-state index contributed by atoms with van der Waals surface area (Å²) in [6.07, 6.45) is 1.64. The van der Waals surface area contributed by atoms with Gasteiger partial charge in [-0.15, -0.1) is 11.3 Å². The third-order valence-electron chi connectivity index (χ3n) is 3.46. The number of carbonyl (C=O) groups is 1. The lowest BCUT2D eigenvalue weighted by Gasteiger charge is -2.06. The first-order valence-electron chi connectivity index (χ1n) is 7.31. The molecule has 0 saturated heterocycles. The zero-order valence-electron chi connectivity index (χ0n) is 12.5. The number of anilines is 2. The number of benzene rings is 2. The van der Waals surface area contributed by atoms with Crippen molar-refractivity contribution < 1.29 is 4.79 Å². The number of thiazole rings is 1. The molecule has 3 N–H and O–H groups in total. The highest BCUT2D eigenvalue weighted by atomic mass is 32.1. The number of aromatic amines is 1. The van der Waals surface area contributed by atoms with Gasteiger partial charge in [0.15, 0.2) is 5.13 Å². The second-order valence-corrected chi connectivity index (χ2v) is 5.99. The van der Waals surface area contributed by atoms with Crippen LogP contribution in [0.4, 0.5) is 15.6 Å². The number of H-pyrrole nitrogens is 1. The summed E-state index contributed by atoms with van der Waals surface area (Å²) in [5.74, 6) is 0.801. The summed E-state index contributed by atoms with van der Waals surface area (Å²) < 4.78 is 0. The molecule has 4 rings (SSSR count). The van der Waals surface area contributed by atoms with Crippen LogP contribution < -0.4 is 10.6 Å². The Morgan fingerprint density at radius 3 is 2.62 bits per heavy atom. The highest BCUT2D eigenvalue weighted by Crippen LogP contribution is 2.22. The van der Waals surface area contributed by atoms with Gasteiger partial charge >= 0.3 is 6.03 Å². The molecule has 0 fully saturated rings. The number of para-hydroxylation sites is 2. The monoisotopic (exact) mass is 335 g/mol. The van der Waals surface area contributed by atoms with Crippen LogP contribution in [0.1, 0.15) is 0 Å². The van der Waals surface area contributed by atoms with Crippen LogP contribution in [-0.4, -0.2) is 21.0 Å². The standard InChI is InChI=1S/C17H13N5OS/c23-16(22-17-18-9-10-24-17)19-12-7-5-11(6-8-12)15-20-13-3-1-2-4-14(13)21-15/h1-10H,(H,20,21)(H2,18,19,22,23). The molecule has 118 valence electrons. The van der Waals surface area contributed by atoms with Crippen molar-refractivity contribution in [1.82, 2.24) is 15.0 Å². The van der Waals surface area contributed by atoms with Crippen molar-refractivity contribution in [2.45, 2.75) is 0 Å². The number of hydrogen-bond donors (Lipinski definition) is 3. The Balaban J connectivity index is 1.49. The van der Waals surface area contributed by atoms with Crippen molar-refractivity contribution in [2.75, 3.05) is 10.6 Å². The zero-order chi connectivity index (χ0) is 16.4. The third kappa shape index (κ3) is 2.97. The number of fused-ring (bicyclic) bond motifs is 1. The Hall–Kier alpha value is -3.19. The number of amides is 2. The van der Waals surface area contributed by atoms with E-state index >= 15 is 0 Å². The summed E-state index contributed by atoms with van der Waals surface area (Å²) in [4.78, 5) is 23.7. The van der Waals surface area contributed by atoms with Crippen LogP contribution in [0, 0.1) is 0 Å². The number of nitrogens with one attached hydrogen (secondary N) is 3. The van der Waals surface area contributed by atoms with E-state index in [0.29, 0.717) is 10.8 Å². The van der Waals surface area contributed by atoms with Gasteiger partial charge in [-0.05, 0) is 36.4 Å². The molecule has 2 aromatic heterocycles. The summed E-state index contributed by atoms with van der Waals surface area (Å²) in [7, 11) is 0. The highest BCUT2D eigenvalue weighted by Gasteiger charge is 2.07. The summed E-state index contributed by atoms with van der Waals surface area (Å²) >= 11 is 1.37. The number of nitrogens with zero attached hydrogens (tertiary/aromatic N) is 2. The van der Waals surface area contributed by atoms with Crippen LogP contribution in [0.5, 0.6) is 0 Å². The average Bonchev–Trinajstić information content (AvgIpc) is 3.24. The Morgan fingerprint density at radius 2 is 1.88 bits per heavy atom. The van der Waals surface area contributed by atoms with Gasteiger partial charge < -0.3 is 10.3 Å². The number of urea groups is 1. The molecule has 0 radical (unpaired) electrons. The van der Waals surface area contributed by atoms with Crippen molar-refractivity contribution in [3.63, 3.8) is 0 Å². The molecule has 2 heterocycles. The molecule has 0 aliphatic heterocycles. The predicted molar refractivity (Wildman–Crippen MR) is 96.3 cm³/mol. The van der Waals surface area contributed by atoms with E-state index in [9.17, 15) is 4.79 Å². The van der Waals surface area contributed by atoms with E-state index in [0.717, 1.165) is 22.4 Å². The van der Waals surface area contributed by atoms with E-state index in [1.165, 1.54) is 11.3 Å². The van der Waals surface area contributed by atoms with Crippen LogP contribution >= 0.6 is 11.3 Å². The topological polar surface area (TPSA) is 82.7 Å². The first-order chi connectivity index (χ1) is 11.8. The SMILES string of the molecule is O=C(Nc1ccc(-c2nc3ccccc3[nH]2)cc1)Nc1nccs1. The van der Waals surface area contributed by atoms with Crippen LogP contribution in [0.3, 0.4) is 0 Å². The number of hydrogen-bond acceptors (Lipinski definition) is 4. The summed E-state index contributed by atoms with van der Waals surface area (Å²) in [5, 5.41) is 7.81. The quantitative estimate of drug-likeness (QED) is 0.521. The summed E-state index contributed by atoms with van der Waals surface area (Å²) in [6.45, 7) is 0. The number of aromatic nitrogens is 3. The van der Waals surface area contributed by atoms with Gasteiger partial charge in [-0.1, -0.05) is 12.1 Å². The Bertz CT molecular complexity index is 943. The smallest absolute Gasteiger partial charge is 0.325 e. The van der Waals surface area contributed by atoms with Gasteiger partial charge in [0, 0.05) is 22.8 Å². The number of imidazole rings is 1. The lowest BCUT2D eigenvalue weighted by molar-refractivity contribution is 0.262. The second kappa shape index (κ2) is 6.13. The number of carbonyl (C=O) groups excluding carboxylic acids is 1. The maximum atomic E-state index is 11.9. The fourth-order valence-corrected chi connectivity index (χ4v) is 2.87. The molecular formula is C17H13N5OS. The molecule has 2 aromatic carbocycles.